The van der Waals surface area contributed by atoms with Crippen LogP contribution in [0.5, 0.6) is 5.75 Å². The molecule has 0 aliphatic heterocycles. The fraction of sp³-hybridized carbons (Fsp3) is 0.0435. The van der Waals surface area contributed by atoms with Gasteiger partial charge in [-0.05, 0) is 47.5 Å². The number of ether oxygens (including phenoxy) is 1. The molecule has 0 radical (unpaired) electrons. The van der Waals surface area contributed by atoms with Gasteiger partial charge in [-0.1, -0.05) is 53.8 Å². The van der Waals surface area contributed by atoms with Crippen LogP contribution in [0.4, 0.5) is 9.52 Å². The normalized spacial score (nSPS) is 11.1. The van der Waals surface area contributed by atoms with Gasteiger partial charge in [0.15, 0.2) is 5.13 Å². The Kier molecular flexibility index (Phi) is 5.63. The lowest BCUT2D eigenvalue weighted by Gasteiger charge is -2.06. The molecule has 0 fully saturated rings. The highest BCUT2D eigenvalue weighted by atomic mass is 32.1. The van der Waals surface area contributed by atoms with Crippen molar-refractivity contribution in [1.29, 1.82) is 0 Å². The van der Waals surface area contributed by atoms with Gasteiger partial charge in [0.2, 0.25) is 5.91 Å². The highest BCUT2D eigenvalue weighted by Gasteiger charge is 2.06. The zero-order valence-electron chi connectivity index (χ0n) is 15.3. The molecule has 0 saturated carbocycles. The first-order valence-corrected chi connectivity index (χ1v) is 9.79. The fourth-order valence-electron chi connectivity index (χ4n) is 2.69. The number of thiazole rings is 1. The predicted molar refractivity (Wildman–Crippen MR) is 114 cm³/mol. The van der Waals surface area contributed by atoms with Gasteiger partial charge in [-0.2, -0.15) is 0 Å². The van der Waals surface area contributed by atoms with Crippen molar-refractivity contribution in [2.45, 2.75) is 6.61 Å². The number of nitrogens with zero attached hydrogens (tertiary/aromatic N) is 1. The van der Waals surface area contributed by atoms with Crippen molar-refractivity contribution in [2.75, 3.05) is 5.32 Å². The number of benzene rings is 3. The highest BCUT2D eigenvalue weighted by molar-refractivity contribution is 7.22. The third-order valence-electron chi connectivity index (χ3n) is 4.14. The minimum atomic E-state index is -0.324. The van der Waals surface area contributed by atoms with E-state index >= 15 is 0 Å². The number of nitrogens with one attached hydrogen (secondary N) is 1. The third-order valence-corrected chi connectivity index (χ3v) is 5.07. The van der Waals surface area contributed by atoms with E-state index in [1.807, 2.05) is 54.6 Å². The van der Waals surface area contributed by atoms with Crippen molar-refractivity contribution in [3.63, 3.8) is 0 Å². The predicted octanol–water partition coefficient (Wildman–Crippen LogP) is 5.67. The van der Waals surface area contributed by atoms with Crippen molar-refractivity contribution >= 4 is 38.7 Å². The molecule has 3 aromatic carbocycles. The van der Waals surface area contributed by atoms with E-state index in [1.165, 1.54) is 29.5 Å². The molecule has 6 heteroatoms. The molecule has 4 aromatic rings. The maximum absolute atomic E-state index is 13.3. The SMILES string of the molecule is O=C(/C=C/c1ccc(OCc2ccccc2)cc1)Nc1nc2ccc(F)cc2s1. The second-order valence-electron chi connectivity index (χ2n) is 6.30. The minimum absolute atomic E-state index is 0.297. The summed E-state index contributed by atoms with van der Waals surface area (Å²) in [6, 6.07) is 21.8. The van der Waals surface area contributed by atoms with Gasteiger partial charge in [-0.15, -0.1) is 0 Å². The minimum Gasteiger partial charge on any atom is -0.489 e. The lowest BCUT2D eigenvalue weighted by atomic mass is 10.2. The Bertz CT molecular complexity index is 1150. The fourth-order valence-corrected chi connectivity index (χ4v) is 3.58. The lowest BCUT2D eigenvalue weighted by molar-refractivity contribution is -0.111. The summed E-state index contributed by atoms with van der Waals surface area (Å²) < 4.78 is 19.7. The highest BCUT2D eigenvalue weighted by Crippen LogP contribution is 2.26. The summed E-state index contributed by atoms with van der Waals surface area (Å²) in [6.07, 6.45) is 3.15. The van der Waals surface area contributed by atoms with Crippen LogP contribution in [-0.2, 0) is 11.4 Å². The van der Waals surface area contributed by atoms with Gasteiger partial charge >= 0.3 is 0 Å². The Morgan fingerprint density at radius 3 is 2.66 bits per heavy atom. The van der Waals surface area contributed by atoms with Crippen molar-refractivity contribution < 1.29 is 13.9 Å². The second-order valence-corrected chi connectivity index (χ2v) is 7.33. The Labute approximate surface area is 171 Å². The van der Waals surface area contributed by atoms with E-state index in [4.69, 9.17) is 4.74 Å². The Morgan fingerprint density at radius 1 is 1.07 bits per heavy atom. The van der Waals surface area contributed by atoms with Crippen LogP contribution in [0.15, 0.2) is 78.9 Å². The summed E-state index contributed by atoms with van der Waals surface area (Å²) >= 11 is 1.23. The number of carbonyl (C=O) groups is 1. The van der Waals surface area contributed by atoms with Gasteiger partial charge in [0, 0.05) is 6.08 Å². The number of anilines is 1. The number of hydrogen-bond donors (Lipinski definition) is 1. The van der Waals surface area contributed by atoms with Crippen LogP contribution in [-0.4, -0.2) is 10.9 Å². The van der Waals surface area contributed by atoms with Crippen molar-refractivity contribution in [3.05, 3.63) is 95.8 Å². The number of halogens is 1. The molecule has 0 spiro atoms. The summed E-state index contributed by atoms with van der Waals surface area (Å²) in [4.78, 5) is 16.4. The molecular weight excluding hydrogens is 387 g/mol. The average Bonchev–Trinajstić information content (AvgIpc) is 3.13. The number of carbonyl (C=O) groups excluding carboxylic acids is 1. The summed E-state index contributed by atoms with van der Waals surface area (Å²) in [5, 5.41) is 3.14. The Balaban J connectivity index is 1.33. The van der Waals surface area contributed by atoms with Gasteiger partial charge in [0.25, 0.3) is 0 Å². The summed E-state index contributed by atoms with van der Waals surface area (Å²) in [5.74, 6) is 0.140. The molecule has 144 valence electrons. The Morgan fingerprint density at radius 2 is 1.86 bits per heavy atom. The maximum atomic E-state index is 13.3. The van der Waals surface area contributed by atoms with E-state index in [2.05, 4.69) is 10.3 Å². The monoisotopic (exact) mass is 404 g/mol. The van der Waals surface area contributed by atoms with E-state index in [0.717, 1.165) is 16.9 Å². The molecular formula is C23H17FN2O2S. The first-order valence-electron chi connectivity index (χ1n) is 8.98. The van der Waals surface area contributed by atoms with E-state index in [9.17, 15) is 9.18 Å². The smallest absolute Gasteiger partial charge is 0.250 e. The quantitative estimate of drug-likeness (QED) is 0.422. The third kappa shape index (κ3) is 5.06. The van der Waals surface area contributed by atoms with Gasteiger partial charge in [-0.3, -0.25) is 10.1 Å². The van der Waals surface area contributed by atoms with Crippen molar-refractivity contribution in [3.8, 4) is 5.75 Å². The van der Waals surface area contributed by atoms with E-state index in [1.54, 1.807) is 12.1 Å². The van der Waals surface area contributed by atoms with Crippen LogP contribution in [0, 0.1) is 5.82 Å². The van der Waals surface area contributed by atoms with E-state index in [0.29, 0.717) is 22.0 Å². The van der Waals surface area contributed by atoms with E-state index in [-0.39, 0.29) is 11.7 Å². The van der Waals surface area contributed by atoms with Gasteiger partial charge < -0.3 is 4.74 Å². The summed E-state index contributed by atoms with van der Waals surface area (Å²) in [5.41, 5.74) is 2.63. The van der Waals surface area contributed by atoms with Crippen LogP contribution in [0.25, 0.3) is 16.3 Å². The molecule has 0 bridgehead atoms. The molecule has 1 aromatic heterocycles. The molecule has 1 N–H and O–H groups in total. The van der Waals surface area contributed by atoms with Crippen LogP contribution < -0.4 is 10.1 Å². The molecule has 0 aliphatic rings. The van der Waals surface area contributed by atoms with Gasteiger partial charge in [0.05, 0.1) is 10.2 Å². The molecule has 4 nitrogen and oxygen atoms in total. The average molecular weight is 404 g/mol. The zero-order valence-corrected chi connectivity index (χ0v) is 16.2. The van der Waals surface area contributed by atoms with Crippen molar-refractivity contribution in [1.82, 2.24) is 4.98 Å². The molecule has 1 amide bonds. The first-order chi connectivity index (χ1) is 14.2. The number of hydrogen-bond acceptors (Lipinski definition) is 4. The van der Waals surface area contributed by atoms with Crippen LogP contribution >= 0.6 is 11.3 Å². The molecule has 0 aliphatic carbocycles. The topological polar surface area (TPSA) is 51.2 Å². The summed E-state index contributed by atoms with van der Waals surface area (Å²) in [7, 11) is 0. The largest absolute Gasteiger partial charge is 0.489 e. The zero-order chi connectivity index (χ0) is 20.1. The molecule has 0 atom stereocenters. The standard InChI is InChI=1S/C23H17FN2O2S/c24-18-9-12-20-21(14-18)29-23(25-20)26-22(27)13-8-16-6-10-19(11-7-16)28-15-17-4-2-1-3-5-17/h1-14H,15H2,(H,25,26,27)/b13-8+. The lowest BCUT2D eigenvalue weighted by Crippen LogP contribution is -2.07. The summed E-state index contributed by atoms with van der Waals surface area (Å²) in [6.45, 7) is 0.504. The first kappa shape index (κ1) is 18.8. The molecule has 1 heterocycles. The molecule has 0 unspecified atom stereocenters. The molecule has 0 saturated heterocycles. The maximum Gasteiger partial charge on any atom is 0.250 e. The van der Waals surface area contributed by atoms with Gasteiger partial charge in [0.1, 0.15) is 18.2 Å². The van der Waals surface area contributed by atoms with Crippen LogP contribution in [0.1, 0.15) is 11.1 Å². The Hall–Kier alpha value is -3.51. The van der Waals surface area contributed by atoms with Gasteiger partial charge in [-0.25, -0.2) is 9.37 Å². The number of rotatable bonds is 6. The van der Waals surface area contributed by atoms with Crippen LogP contribution in [0.2, 0.25) is 0 Å². The second kappa shape index (κ2) is 8.67. The van der Waals surface area contributed by atoms with E-state index < -0.39 is 0 Å². The van der Waals surface area contributed by atoms with Crippen LogP contribution in [0.3, 0.4) is 0 Å². The van der Waals surface area contributed by atoms with Crippen molar-refractivity contribution in [2.24, 2.45) is 0 Å². The number of aromatic nitrogens is 1. The number of fused-ring (bicyclic) bond motifs is 1. The molecule has 4 rings (SSSR count). The number of amides is 1. The molecule has 29 heavy (non-hydrogen) atoms.